The normalized spacial score (nSPS) is 10.8. The number of hydrogen-bond donors (Lipinski definition) is 1. The Labute approximate surface area is 91.8 Å². The monoisotopic (exact) mass is 212 g/mol. The second kappa shape index (κ2) is 3.45. The number of nitrogens with zero attached hydrogens (tertiary/aromatic N) is 1. The van der Waals surface area contributed by atoms with Crippen molar-refractivity contribution in [3.05, 3.63) is 54.7 Å². The highest BCUT2D eigenvalue weighted by Crippen LogP contribution is 2.27. The average molecular weight is 212 g/mol. The molecule has 16 heavy (non-hydrogen) atoms. The number of nitrogens with one attached hydrogen (secondary N) is 1. The Morgan fingerprint density at radius 3 is 2.69 bits per heavy atom. The topological polar surface area (TPSA) is 28.7 Å². The minimum Gasteiger partial charge on any atom is -0.359 e. The van der Waals surface area contributed by atoms with Gasteiger partial charge in [0.1, 0.15) is 5.82 Å². The van der Waals surface area contributed by atoms with Crippen molar-refractivity contribution in [2.24, 2.45) is 0 Å². The fourth-order valence-electron chi connectivity index (χ4n) is 1.84. The molecular formula is C13H9FN2. The summed E-state index contributed by atoms with van der Waals surface area (Å²) in [6.07, 6.45) is 5.45. The van der Waals surface area contributed by atoms with E-state index in [0.717, 1.165) is 22.0 Å². The van der Waals surface area contributed by atoms with Crippen molar-refractivity contribution in [3.63, 3.8) is 0 Å². The number of pyridine rings is 1. The molecule has 2 aromatic heterocycles. The Bertz CT molecular complexity index is 626. The van der Waals surface area contributed by atoms with E-state index in [-0.39, 0.29) is 5.82 Å². The lowest BCUT2D eigenvalue weighted by molar-refractivity contribution is 0.628. The standard InChI is InChI=1S/C13H9FN2/c14-10-3-1-9(2-4-10)12-7-16-13-8-15-6-5-11(12)13/h1-8,16H. The van der Waals surface area contributed by atoms with Crippen LogP contribution in [0.3, 0.4) is 0 Å². The van der Waals surface area contributed by atoms with E-state index in [4.69, 9.17) is 0 Å². The van der Waals surface area contributed by atoms with Gasteiger partial charge in [-0.3, -0.25) is 4.98 Å². The maximum atomic E-state index is 12.8. The molecule has 0 radical (unpaired) electrons. The van der Waals surface area contributed by atoms with Crippen LogP contribution in [0.15, 0.2) is 48.9 Å². The number of aromatic amines is 1. The fourth-order valence-corrected chi connectivity index (χ4v) is 1.84. The number of halogens is 1. The van der Waals surface area contributed by atoms with E-state index in [1.54, 1.807) is 24.5 Å². The Morgan fingerprint density at radius 1 is 1.06 bits per heavy atom. The third-order valence-corrected chi connectivity index (χ3v) is 2.64. The Balaban J connectivity index is 2.22. The zero-order valence-corrected chi connectivity index (χ0v) is 8.44. The molecule has 0 spiro atoms. The largest absolute Gasteiger partial charge is 0.359 e. The smallest absolute Gasteiger partial charge is 0.123 e. The molecule has 1 aromatic carbocycles. The van der Waals surface area contributed by atoms with Crippen LogP contribution in [0.4, 0.5) is 4.39 Å². The van der Waals surface area contributed by atoms with E-state index in [0.29, 0.717) is 0 Å². The molecule has 0 bridgehead atoms. The molecule has 0 unspecified atom stereocenters. The second-order valence-electron chi connectivity index (χ2n) is 3.63. The minimum absolute atomic E-state index is 0.217. The van der Waals surface area contributed by atoms with Crippen molar-refractivity contribution in [2.75, 3.05) is 0 Å². The fraction of sp³-hybridized carbons (Fsp3) is 0. The van der Waals surface area contributed by atoms with Gasteiger partial charge in [-0.25, -0.2) is 4.39 Å². The maximum absolute atomic E-state index is 12.8. The maximum Gasteiger partial charge on any atom is 0.123 e. The SMILES string of the molecule is Fc1ccc(-c2c[nH]c3cnccc23)cc1. The molecule has 1 N–H and O–H groups in total. The summed E-state index contributed by atoms with van der Waals surface area (Å²) in [6.45, 7) is 0. The van der Waals surface area contributed by atoms with Crippen LogP contribution in [0.1, 0.15) is 0 Å². The molecule has 0 aliphatic heterocycles. The quantitative estimate of drug-likeness (QED) is 0.658. The van der Waals surface area contributed by atoms with Crippen LogP contribution in [-0.2, 0) is 0 Å². The lowest BCUT2D eigenvalue weighted by Gasteiger charge is -1.98. The van der Waals surface area contributed by atoms with Crippen LogP contribution in [0.25, 0.3) is 22.0 Å². The molecule has 0 fully saturated rings. The average Bonchev–Trinajstić information content (AvgIpc) is 2.74. The molecule has 0 saturated carbocycles. The van der Waals surface area contributed by atoms with Gasteiger partial charge in [-0.05, 0) is 23.8 Å². The van der Waals surface area contributed by atoms with Crippen LogP contribution in [0.5, 0.6) is 0 Å². The summed E-state index contributed by atoms with van der Waals surface area (Å²) in [5.41, 5.74) is 3.05. The second-order valence-corrected chi connectivity index (χ2v) is 3.63. The van der Waals surface area contributed by atoms with Gasteiger partial charge in [0.05, 0.1) is 11.7 Å². The molecule has 78 valence electrons. The number of aromatic nitrogens is 2. The van der Waals surface area contributed by atoms with Crippen molar-refractivity contribution < 1.29 is 4.39 Å². The van der Waals surface area contributed by atoms with Gasteiger partial charge in [-0.15, -0.1) is 0 Å². The van der Waals surface area contributed by atoms with Crippen molar-refractivity contribution >= 4 is 10.9 Å². The summed E-state index contributed by atoms with van der Waals surface area (Å²) >= 11 is 0. The van der Waals surface area contributed by atoms with Gasteiger partial charge >= 0.3 is 0 Å². The first kappa shape index (κ1) is 9.09. The van der Waals surface area contributed by atoms with Crippen molar-refractivity contribution in [1.29, 1.82) is 0 Å². The molecular weight excluding hydrogens is 203 g/mol. The number of rotatable bonds is 1. The van der Waals surface area contributed by atoms with Gasteiger partial charge in [-0.2, -0.15) is 0 Å². The first-order valence-electron chi connectivity index (χ1n) is 5.01. The molecule has 0 amide bonds. The van der Waals surface area contributed by atoms with Crippen molar-refractivity contribution in [3.8, 4) is 11.1 Å². The molecule has 0 atom stereocenters. The third-order valence-electron chi connectivity index (χ3n) is 2.64. The predicted molar refractivity (Wildman–Crippen MR) is 61.5 cm³/mol. The first-order chi connectivity index (χ1) is 7.84. The van der Waals surface area contributed by atoms with Gasteiger partial charge in [0.15, 0.2) is 0 Å². The highest BCUT2D eigenvalue weighted by atomic mass is 19.1. The van der Waals surface area contributed by atoms with Crippen LogP contribution in [0.2, 0.25) is 0 Å². The van der Waals surface area contributed by atoms with Crippen LogP contribution < -0.4 is 0 Å². The van der Waals surface area contributed by atoms with Crippen LogP contribution in [-0.4, -0.2) is 9.97 Å². The molecule has 2 nitrogen and oxygen atoms in total. The van der Waals surface area contributed by atoms with E-state index in [2.05, 4.69) is 9.97 Å². The summed E-state index contributed by atoms with van der Waals surface area (Å²) in [6, 6.07) is 8.44. The molecule has 0 aliphatic carbocycles. The van der Waals surface area contributed by atoms with Gasteiger partial charge < -0.3 is 4.98 Å². The Kier molecular flexibility index (Phi) is 1.96. The molecule has 3 rings (SSSR count). The predicted octanol–water partition coefficient (Wildman–Crippen LogP) is 3.37. The van der Waals surface area contributed by atoms with Gasteiger partial charge in [0.2, 0.25) is 0 Å². The highest BCUT2D eigenvalue weighted by Gasteiger charge is 2.05. The van der Waals surface area contributed by atoms with Crippen molar-refractivity contribution in [2.45, 2.75) is 0 Å². The lowest BCUT2D eigenvalue weighted by atomic mass is 10.1. The highest BCUT2D eigenvalue weighted by molar-refractivity contribution is 5.94. The molecule has 2 heterocycles. The minimum atomic E-state index is -0.217. The molecule has 0 saturated heterocycles. The molecule has 0 aliphatic rings. The van der Waals surface area contributed by atoms with E-state index < -0.39 is 0 Å². The summed E-state index contributed by atoms with van der Waals surface area (Å²) in [5, 5.41) is 1.10. The summed E-state index contributed by atoms with van der Waals surface area (Å²) in [4.78, 5) is 7.19. The first-order valence-corrected chi connectivity index (χ1v) is 5.01. The van der Waals surface area contributed by atoms with E-state index in [1.165, 1.54) is 12.1 Å². The van der Waals surface area contributed by atoms with E-state index >= 15 is 0 Å². The zero-order valence-electron chi connectivity index (χ0n) is 8.44. The zero-order chi connectivity index (χ0) is 11.0. The van der Waals surface area contributed by atoms with Crippen LogP contribution >= 0.6 is 0 Å². The molecule has 3 aromatic rings. The number of benzene rings is 1. The van der Waals surface area contributed by atoms with E-state index in [1.807, 2.05) is 12.3 Å². The Hall–Kier alpha value is -2.16. The summed E-state index contributed by atoms with van der Waals surface area (Å²) < 4.78 is 12.8. The lowest BCUT2D eigenvalue weighted by Crippen LogP contribution is -1.77. The number of hydrogen-bond acceptors (Lipinski definition) is 1. The van der Waals surface area contributed by atoms with Gasteiger partial charge in [0.25, 0.3) is 0 Å². The number of fused-ring (bicyclic) bond motifs is 1. The third kappa shape index (κ3) is 1.37. The molecule has 3 heteroatoms. The van der Waals surface area contributed by atoms with Crippen molar-refractivity contribution in [1.82, 2.24) is 9.97 Å². The summed E-state index contributed by atoms with van der Waals surface area (Å²) in [7, 11) is 0. The summed E-state index contributed by atoms with van der Waals surface area (Å²) in [5.74, 6) is -0.217. The van der Waals surface area contributed by atoms with Crippen LogP contribution in [0, 0.1) is 5.82 Å². The van der Waals surface area contributed by atoms with Gasteiger partial charge in [0, 0.05) is 23.3 Å². The number of H-pyrrole nitrogens is 1. The van der Waals surface area contributed by atoms with Gasteiger partial charge in [-0.1, -0.05) is 12.1 Å². The Morgan fingerprint density at radius 2 is 1.88 bits per heavy atom. The van der Waals surface area contributed by atoms with E-state index in [9.17, 15) is 4.39 Å².